The van der Waals surface area contributed by atoms with Gasteiger partial charge in [-0.2, -0.15) is 13.2 Å². The minimum absolute atomic E-state index is 0.194. The van der Waals surface area contributed by atoms with Gasteiger partial charge in [0, 0.05) is 18.9 Å². The molecular formula is C11H18F3NO3. The average molecular weight is 269 g/mol. The zero-order valence-electron chi connectivity index (χ0n) is 10.6. The maximum atomic E-state index is 12.3. The number of alkyl halides is 3. The Bertz CT molecular complexity index is 302. The zero-order chi connectivity index (χ0) is 14.5. The fourth-order valence-corrected chi connectivity index (χ4v) is 1.54. The van der Waals surface area contributed by atoms with Crippen molar-refractivity contribution in [1.82, 2.24) is 4.90 Å². The van der Waals surface area contributed by atoms with E-state index in [2.05, 4.69) is 0 Å². The van der Waals surface area contributed by atoms with Crippen molar-refractivity contribution < 1.29 is 27.9 Å². The minimum Gasteiger partial charge on any atom is -0.481 e. The largest absolute Gasteiger partial charge is 0.481 e. The summed E-state index contributed by atoms with van der Waals surface area (Å²) in [5.74, 6) is -2.22. The van der Waals surface area contributed by atoms with Crippen LogP contribution in [0.2, 0.25) is 0 Å². The molecular weight excluding hydrogens is 251 g/mol. The monoisotopic (exact) mass is 269 g/mol. The molecule has 4 nitrogen and oxygen atoms in total. The van der Waals surface area contributed by atoms with Gasteiger partial charge in [-0.3, -0.25) is 9.59 Å². The average Bonchev–Trinajstić information content (AvgIpc) is 2.10. The van der Waals surface area contributed by atoms with E-state index in [1.165, 1.54) is 20.8 Å². The number of aliphatic carboxylic acids is 1. The van der Waals surface area contributed by atoms with E-state index in [0.29, 0.717) is 0 Å². The number of amides is 1. The Morgan fingerprint density at radius 2 is 1.67 bits per heavy atom. The van der Waals surface area contributed by atoms with Gasteiger partial charge in [0.1, 0.15) is 6.54 Å². The summed E-state index contributed by atoms with van der Waals surface area (Å²) < 4.78 is 36.9. The van der Waals surface area contributed by atoms with Crippen molar-refractivity contribution in [3.05, 3.63) is 0 Å². The Kier molecular flexibility index (Phi) is 6.14. The lowest BCUT2D eigenvalue weighted by Gasteiger charge is -2.28. The number of hydrogen-bond donors (Lipinski definition) is 1. The molecule has 0 aromatic heterocycles. The predicted octanol–water partition coefficient (Wildman–Crippen LogP) is 2.29. The van der Waals surface area contributed by atoms with Crippen LogP contribution in [0.5, 0.6) is 0 Å². The number of halogens is 3. The molecule has 18 heavy (non-hydrogen) atoms. The van der Waals surface area contributed by atoms with Gasteiger partial charge in [0.25, 0.3) is 0 Å². The van der Waals surface area contributed by atoms with E-state index in [1.807, 2.05) is 0 Å². The van der Waals surface area contributed by atoms with Crippen molar-refractivity contribution in [1.29, 1.82) is 0 Å². The van der Waals surface area contributed by atoms with Gasteiger partial charge in [-0.05, 0) is 19.8 Å². The highest BCUT2D eigenvalue weighted by atomic mass is 19.4. The van der Waals surface area contributed by atoms with E-state index in [0.717, 1.165) is 4.90 Å². The van der Waals surface area contributed by atoms with Crippen molar-refractivity contribution in [2.45, 2.75) is 45.8 Å². The van der Waals surface area contributed by atoms with Crippen LogP contribution in [0.25, 0.3) is 0 Å². The number of nitrogens with zero attached hydrogens (tertiary/aromatic N) is 1. The molecule has 0 heterocycles. The number of hydrogen-bond acceptors (Lipinski definition) is 2. The van der Waals surface area contributed by atoms with Crippen molar-refractivity contribution in [2.75, 3.05) is 6.54 Å². The highest BCUT2D eigenvalue weighted by Crippen LogP contribution is 2.20. The molecule has 0 fully saturated rings. The van der Waals surface area contributed by atoms with E-state index in [1.54, 1.807) is 0 Å². The molecule has 0 spiro atoms. The van der Waals surface area contributed by atoms with Gasteiger partial charge in [-0.1, -0.05) is 6.92 Å². The normalized spacial score (nSPS) is 13.5. The number of carbonyl (C=O) groups is 2. The van der Waals surface area contributed by atoms with Crippen molar-refractivity contribution >= 4 is 11.9 Å². The molecule has 0 radical (unpaired) electrons. The Balaban J connectivity index is 4.54. The van der Waals surface area contributed by atoms with Crippen LogP contribution in [0.1, 0.15) is 33.6 Å². The van der Waals surface area contributed by atoms with Crippen LogP contribution in [-0.4, -0.2) is 40.6 Å². The summed E-state index contributed by atoms with van der Waals surface area (Å²) in [6.07, 6.45) is -4.87. The topological polar surface area (TPSA) is 57.6 Å². The SMILES string of the molecule is CC(CC(=O)O)CC(=O)N(CC(F)(F)F)C(C)C. The Hall–Kier alpha value is -1.27. The first kappa shape index (κ1) is 16.7. The molecule has 1 unspecified atom stereocenters. The Labute approximate surface area is 104 Å². The molecule has 1 N–H and O–H groups in total. The van der Waals surface area contributed by atoms with Gasteiger partial charge < -0.3 is 10.0 Å². The lowest BCUT2D eigenvalue weighted by molar-refractivity contribution is -0.165. The van der Waals surface area contributed by atoms with Crippen LogP contribution >= 0.6 is 0 Å². The molecule has 0 aliphatic carbocycles. The molecule has 0 aliphatic heterocycles. The van der Waals surface area contributed by atoms with E-state index >= 15 is 0 Å². The van der Waals surface area contributed by atoms with Gasteiger partial charge in [0.2, 0.25) is 5.91 Å². The first-order chi connectivity index (χ1) is 8.03. The van der Waals surface area contributed by atoms with Gasteiger partial charge in [-0.15, -0.1) is 0 Å². The van der Waals surface area contributed by atoms with E-state index in [-0.39, 0.29) is 12.8 Å². The van der Waals surface area contributed by atoms with Crippen LogP contribution in [-0.2, 0) is 9.59 Å². The minimum atomic E-state index is -4.45. The molecule has 0 aromatic rings. The third-order valence-corrected chi connectivity index (χ3v) is 2.34. The third kappa shape index (κ3) is 7.13. The summed E-state index contributed by atoms with van der Waals surface area (Å²) in [5, 5.41) is 8.53. The number of carboxylic acids is 1. The number of carboxylic acid groups (broad SMARTS) is 1. The van der Waals surface area contributed by atoms with E-state index < -0.39 is 36.6 Å². The molecule has 0 bridgehead atoms. The molecule has 0 rings (SSSR count). The summed E-state index contributed by atoms with van der Waals surface area (Å²) in [6.45, 7) is 3.21. The zero-order valence-corrected chi connectivity index (χ0v) is 10.6. The van der Waals surface area contributed by atoms with Crippen LogP contribution in [0.15, 0.2) is 0 Å². The predicted molar refractivity (Wildman–Crippen MR) is 58.9 cm³/mol. The smallest absolute Gasteiger partial charge is 0.406 e. The Morgan fingerprint density at radius 1 is 1.17 bits per heavy atom. The standard InChI is InChI=1S/C11H18F3NO3/c1-7(2)15(6-11(12,13)14)9(16)4-8(3)5-10(17)18/h7-8H,4-6H2,1-3H3,(H,17,18). The van der Waals surface area contributed by atoms with Crippen LogP contribution < -0.4 is 0 Å². The molecule has 106 valence electrons. The van der Waals surface area contributed by atoms with Gasteiger partial charge in [0.05, 0.1) is 0 Å². The van der Waals surface area contributed by atoms with Gasteiger partial charge >= 0.3 is 12.1 Å². The first-order valence-corrected chi connectivity index (χ1v) is 5.61. The van der Waals surface area contributed by atoms with Crippen LogP contribution in [0.4, 0.5) is 13.2 Å². The van der Waals surface area contributed by atoms with Crippen molar-refractivity contribution in [2.24, 2.45) is 5.92 Å². The second-order valence-corrected chi connectivity index (χ2v) is 4.64. The first-order valence-electron chi connectivity index (χ1n) is 5.61. The number of carbonyl (C=O) groups excluding carboxylic acids is 1. The van der Waals surface area contributed by atoms with E-state index in [9.17, 15) is 22.8 Å². The molecule has 1 amide bonds. The quantitative estimate of drug-likeness (QED) is 0.804. The highest BCUT2D eigenvalue weighted by molar-refractivity contribution is 5.77. The summed E-state index contributed by atoms with van der Waals surface area (Å²) in [4.78, 5) is 22.8. The lowest BCUT2D eigenvalue weighted by Crippen LogP contribution is -2.43. The van der Waals surface area contributed by atoms with Crippen LogP contribution in [0, 0.1) is 5.92 Å². The molecule has 1 atom stereocenters. The highest BCUT2D eigenvalue weighted by Gasteiger charge is 2.34. The Morgan fingerprint density at radius 3 is 2.00 bits per heavy atom. The maximum absolute atomic E-state index is 12.3. The molecule has 0 saturated heterocycles. The molecule has 7 heteroatoms. The summed E-state index contributed by atoms with van der Waals surface area (Å²) in [6, 6.07) is -0.573. The maximum Gasteiger partial charge on any atom is 0.406 e. The van der Waals surface area contributed by atoms with Crippen LogP contribution in [0.3, 0.4) is 0 Å². The molecule has 0 aromatic carbocycles. The second-order valence-electron chi connectivity index (χ2n) is 4.64. The summed E-state index contributed by atoms with van der Waals surface area (Å²) in [7, 11) is 0. The third-order valence-electron chi connectivity index (χ3n) is 2.34. The fraction of sp³-hybridized carbons (Fsp3) is 0.818. The van der Waals surface area contributed by atoms with E-state index in [4.69, 9.17) is 5.11 Å². The molecule has 0 saturated carbocycles. The van der Waals surface area contributed by atoms with Crippen molar-refractivity contribution in [3.8, 4) is 0 Å². The fourth-order valence-electron chi connectivity index (χ4n) is 1.54. The van der Waals surface area contributed by atoms with Gasteiger partial charge in [0.15, 0.2) is 0 Å². The summed E-state index contributed by atoms with van der Waals surface area (Å²) >= 11 is 0. The molecule has 0 aliphatic rings. The van der Waals surface area contributed by atoms with Gasteiger partial charge in [-0.25, -0.2) is 0 Å². The number of rotatable bonds is 6. The second kappa shape index (κ2) is 6.61. The lowest BCUT2D eigenvalue weighted by atomic mass is 10.0. The summed E-state index contributed by atoms with van der Waals surface area (Å²) in [5.41, 5.74) is 0. The van der Waals surface area contributed by atoms with Crippen molar-refractivity contribution in [3.63, 3.8) is 0 Å².